The standard InChI is InChI=1S/C16H13N3O2/c20-15(11-19-8-4-3-7-16(19)21)18-13-9-12-5-1-2-6-14(12)17-10-13/h1-10H,11H2,(H,18,20). The van der Waals surface area contributed by atoms with E-state index >= 15 is 0 Å². The lowest BCUT2D eigenvalue weighted by Crippen LogP contribution is -2.26. The highest BCUT2D eigenvalue weighted by Gasteiger charge is 2.05. The number of carbonyl (C=O) groups is 1. The first-order chi connectivity index (χ1) is 10.2. The highest BCUT2D eigenvalue weighted by atomic mass is 16.2. The number of aromatic nitrogens is 2. The van der Waals surface area contributed by atoms with Crippen molar-refractivity contribution in [3.05, 3.63) is 71.3 Å². The van der Waals surface area contributed by atoms with Gasteiger partial charge in [-0.1, -0.05) is 24.3 Å². The van der Waals surface area contributed by atoms with E-state index in [4.69, 9.17) is 0 Å². The topological polar surface area (TPSA) is 64.0 Å². The number of fused-ring (bicyclic) bond motifs is 1. The number of nitrogens with zero attached hydrogens (tertiary/aromatic N) is 2. The van der Waals surface area contributed by atoms with Gasteiger partial charge < -0.3 is 9.88 Å². The molecule has 3 rings (SSSR count). The average molecular weight is 279 g/mol. The van der Waals surface area contributed by atoms with Gasteiger partial charge in [-0.25, -0.2) is 0 Å². The molecule has 21 heavy (non-hydrogen) atoms. The van der Waals surface area contributed by atoms with Gasteiger partial charge in [0.1, 0.15) is 6.54 Å². The number of amides is 1. The quantitative estimate of drug-likeness (QED) is 0.798. The molecule has 0 aliphatic carbocycles. The lowest BCUT2D eigenvalue weighted by molar-refractivity contribution is -0.116. The molecule has 0 aliphatic rings. The van der Waals surface area contributed by atoms with Crippen LogP contribution in [0.25, 0.3) is 10.9 Å². The summed E-state index contributed by atoms with van der Waals surface area (Å²) in [4.78, 5) is 27.8. The number of anilines is 1. The molecular formula is C16H13N3O2. The molecule has 5 heteroatoms. The number of hydrogen-bond donors (Lipinski definition) is 1. The zero-order valence-electron chi connectivity index (χ0n) is 11.2. The van der Waals surface area contributed by atoms with Gasteiger partial charge in [0.05, 0.1) is 17.4 Å². The Kier molecular flexibility index (Phi) is 3.47. The molecule has 0 saturated heterocycles. The monoisotopic (exact) mass is 279 g/mol. The molecule has 0 spiro atoms. The second-order valence-electron chi connectivity index (χ2n) is 4.63. The van der Waals surface area contributed by atoms with Crippen LogP contribution in [0.5, 0.6) is 0 Å². The Labute approximate surface area is 120 Å². The van der Waals surface area contributed by atoms with Gasteiger partial charge in [0.15, 0.2) is 0 Å². The number of carbonyl (C=O) groups excluding carboxylic acids is 1. The van der Waals surface area contributed by atoms with Crippen LogP contribution in [-0.4, -0.2) is 15.5 Å². The Hall–Kier alpha value is -2.95. The van der Waals surface area contributed by atoms with Crippen LogP contribution in [0.15, 0.2) is 65.7 Å². The summed E-state index contributed by atoms with van der Waals surface area (Å²) in [6.45, 7) is -0.0213. The van der Waals surface area contributed by atoms with Crippen LogP contribution in [0.2, 0.25) is 0 Å². The van der Waals surface area contributed by atoms with E-state index < -0.39 is 0 Å². The maximum absolute atomic E-state index is 12.0. The van der Waals surface area contributed by atoms with Gasteiger partial charge in [-0.3, -0.25) is 14.6 Å². The molecule has 1 N–H and O–H groups in total. The lowest BCUT2D eigenvalue weighted by Gasteiger charge is -2.07. The third kappa shape index (κ3) is 2.97. The molecule has 3 aromatic rings. The Morgan fingerprint density at radius 2 is 1.95 bits per heavy atom. The largest absolute Gasteiger partial charge is 0.323 e. The number of nitrogens with one attached hydrogen (secondary N) is 1. The van der Waals surface area contributed by atoms with Gasteiger partial charge in [-0.2, -0.15) is 0 Å². The Bertz CT molecular complexity index is 855. The fourth-order valence-corrected chi connectivity index (χ4v) is 2.09. The first kappa shape index (κ1) is 13.1. The maximum Gasteiger partial charge on any atom is 0.250 e. The molecule has 104 valence electrons. The van der Waals surface area contributed by atoms with Crippen LogP contribution in [0.4, 0.5) is 5.69 Å². The van der Waals surface area contributed by atoms with E-state index in [1.165, 1.54) is 10.6 Å². The van der Waals surface area contributed by atoms with Crippen molar-refractivity contribution in [3.63, 3.8) is 0 Å². The van der Waals surface area contributed by atoms with E-state index in [-0.39, 0.29) is 18.0 Å². The van der Waals surface area contributed by atoms with Crippen LogP contribution in [0.3, 0.4) is 0 Å². The predicted octanol–water partition coefficient (Wildman–Crippen LogP) is 2.04. The van der Waals surface area contributed by atoms with Crippen LogP contribution in [-0.2, 0) is 11.3 Å². The predicted molar refractivity (Wildman–Crippen MR) is 81.1 cm³/mol. The number of rotatable bonds is 3. The molecule has 0 radical (unpaired) electrons. The number of hydrogen-bond acceptors (Lipinski definition) is 3. The van der Waals surface area contributed by atoms with Crippen LogP contribution in [0.1, 0.15) is 0 Å². The molecule has 0 atom stereocenters. The summed E-state index contributed by atoms with van der Waals surface area (Å²) in [5.74, 6) is -0.264. The lowest BCUT2D eigenvalue weighted by atomic mass is 10.2. The molecular weight excluding hydrogens is 266 g/mol. The summed E-state index contributed by atoms with van der Waals surface area (Å²) in [5, 5.41) is 3.70. The minimum atomic E-state index is -0.264. The molecule has 0 saturated carbocycles. The average Bonchev–Trinajstić information content (AvgIpc) is 2.49. The van der Waals surface area contributed by atoms with Gasteiger partial charge in [0.2, 0.25) is 5.91 Å². The maximum atomic E-state index is 12.0. The zero-order chi connectivity index (χ0) is 14.7. The summed E-state index contributed by atoms with van der Waals surface area (Å²) in [6, 6.07) is 14.3. The van der Waals surface area contributed by atoms with E-state index in [1.807, 2.05) is 30.3 Å². The van der Waals surface area contributed by atoms with Gasteiger partial charge >= 0.3 is 0 Å². The second-order valence-corrected chi connectivity index (χ2v) is 4.63. The third-order valence-electron chi connectivity index (χ3n) is 3.09. The SMILES string of the molecule is O=C(Cn1ccccc1=O)Nc1cnc2ccccc2c1. The fraction of sp³-hybridized carbons (Fsp3) is 0.0625. The molecule has 2 heterocycles. The first-order valence-electron chi connectivity index (χ1n) is 6.52. The second kappa shape index (κ2) is 5.58. The molecule has 0 bridgehead atoms. The van der Waals surface area contributed by atoms with Crippen molar-refractivity contribution in [1.29, 1.82) is 0 Å². The van der Waals surface area contributed by atoms with Crippen molar-refractivity contribution in [1.82, 2.24) is 9.55 Å². The molecule has 0 aliphatic heterocycles. The third-order valence-corrected chi connectivity index (χ3v) is 3.09. The number of benzene rings is 1. The van der Waals surface area contributed by atoms with E-state index in [0.29, 0.717) is 5.69 Å². The highest BCUT2D eigenvalue weighted by molar-refractivity contribution is 5.92. The molecule has 1 amide bonds. The van der Waals surface area contributed by atoms with Crippen molar-refractivity contribution >= 4 is 22.5 Å². The zero-order valence-corrected chi connectivity index (χ0v) is 11.2. The van der Waals surface area contributed by atoms with Crippen molar-refractivity contribution in [3.8, 4) is 0 Å². The number of pyridine rings is 2. The van der Waals surface area contributed by atoms with Gasteiger partial charge in [-0.05, 0) is 18.2 Å². The summed E-state index contributed by atoms with van der Waals surface area (Å²) in [5.41, 5.74) is 1.28. The van der Waals surface area contributed by atoms with E-state index in [1.54, 1.807) is 24.5 Å². The van der Waals surface area contributed by atoms with Gasteiger partial charge in [0, 0.05) is 17.6 Å². The van der Waals surface area contributed by atoms with Crippen LogP contribution in [0, 0.1) is 0 Å². The fourth-order valence-electron chi connectivity index (χ4n) is 2.09. The van der Waals surface area contributed by atoms with Crippen molar-refractivity contribution in [2.45, 2.75) is 6.54 Å². The van der Waals surface area contributed by atoms with Crippen LogP contribution < -0.4 is 10.9 Å². The Balaban J connectivity index is 1.77. The highest BCUT2D eigenvalue weighted by Crippen LogP contribution is 2.15. The van der Waals surface area contributed by atoms with Crippen molar-refractivity contribution in [2.24, 2.45) is 0 Å². The van der Waals surface area contributed by atoms with Crippen molar-refractivity contribution in [2.75, 3.05) is 5.32 Å². The smallest absolute Gasteiger partial charge is 0.250 e. The minimum Gasteiger partial charge on any atom is -0.323 e. The molecule has 2 aromatic heterocycles. The van der Waals surface area contributed by atoms with Crippen LogP contribution >= 0.6 is 0 Å². The van der Waals surface area contributed by atoms with Gasteiger partial charge in [0.25, 0.3) is 5.56 Å². The summed E-state index contributed by atoms with van der Waals surface area (Å²) in [6.07, 6.45) is 3.19. The first-order valence-corrected chi connectivity index (χ1v) is 6.52. The molecule has 0 unspecified atom stereocenters. The Morgan fingerprint density at radius 1 is 1.14 bits per heavy atom. The van der Waals surface area contributed by atoms with E-state index in [0.717, 1.165) is 10.9 Å². The summed E-state index contributed by atoms with van der Waals surface area (Å²) >= 11 is 0. The molecule has 5 nitrogen and oxygen atoms in total. The van der Waals surface area contributed by atoms with E-state index in [9.17, 15) is 9.59 Å². The van der Waals surface area contributed by atoms with Crippen molar-refractivity contribution < 1.29 is 4.79 Å². The molecule has 1 aromatic carbocycles. The Morgan fingerprint density at radius 3 is 2.81 bits per heavy atom. The summed E-state index contributed by atoms with van der Waals surface area (Å²) in [7, 11) is 0. The summed E-state index contributed by atoms with van der Waals surface area (Å²) < 4.78 is 1.35. The molecule has 0 fully saturated rings. The number of para-hydroxylation sites is 1. The van der Waals surface area contributed by atoms with Gasteiger partial charge in [-0.15, -0.1) is 0 Å². The normalized spacial score (nSPS) is 10.5. The van der Waals surface area contributed by atoms with E-state index in [2.05, 4.69) is 10.3 Å². The minimum absolute atomic E-state index is 0.0213.